The van der Waals surface area contributed by atoms with Crippen molar-refractivity contribution in [2.75, 3.05) is 0 Å². The van der Waals surface area contributed by atoms with E-state index < -0.39 is 0 Å². The van der Waals surface area contributed by atoms with E-state index in [1.807, 2.05) is 0 Å². The highest BCUT2D eigenvalue weighted by atomic mass is 79.9. The first-order valence-electron chi connectivity index (χ1n) is 3.65. The molecule has 0 aromatic rings. The summed E-state index contributed by atoms with van der Waals surface area (Å²) in [6, 6.07) is 0. The lowest BCUT2D eigenvalue weighted by Gasteiger charge is -2.31. The maximum absolute atomic E-state index is 11.1. The molecule has 1 unspecified atom stereocenters. The zero-order valence-electron chi connectivity index (χ0n) is 6.48. The summed E-state index contributed by atoms with van der Waals surface area (Å²) in [4.78, 5) is 11.5. The first-order chi connectivity index (χ1) is 4.49. The van der Waals surface area contributed by atoms with Gasteiger partial charge in [-0.25, -0.2) is 0 Å². The zero-order valence-corrected chi connectivity index (χ0v) is 8.07. The SMILES string of the molecule is CC1(C)CC(=O)CC(Br)C1. The Morgan fingerprint density at radius 2 is 2.20 bits per heavy atom. The fourth-order valence-corrected chi connectivity index (χ4v) is 2.83. The average Bonchev–Trinajstić information content (AvgIpc) is 1.54. The van der Waals surface area contributed by atoms with E-state index in [9.17, 15) is 4.79 Å². The van der Waals surface area contributed by atoms with Crippen LogP contribution in [0.1, 0.15) is 33.1 Å². The number of hydrogen-bond donors (Lipinski definition) is 0. The molecule has 1 aliphatic rings. The van der Waals surface area contributed by atoms with Gasteiger partial charge in [0.05, 0.1) is 0 Å². The number of Topliss-reactive ketones (excluding diaryl/α,β-unsaturated/α-hetero) is 1. The van der Waals surface area contributed by atoms with Crippen LogP contribution in [0.5, 0.6) is 0 Å². The highest BCUT2D eigenvalue weighted by molar-refractivity contribution is 9.09. The van der Waals surface area contributed by atoms with Crippen LogP contribution in [-0.4, -0.2) is 10.6 Å². The molecule has 1 aliphatic carbocycles. The Bertz CT molecular complexity index is 151. The van der Waals surface area contributed by atoms with Crippen LogP contribution in [0.3, 0.4) is 0 Å². The van der Waals surface area contributed by atoms with Gasteiger partial charge in [-0.3, -0.25) is 4.79 Å². The molecule has 1 atom stereocenters. The molecule has 0 amide bonds. The number of rotatable bonds is 0. The number of halogens is 1. The molecular formula is C8H13BrO. The summed E-state index contributed by atoms with van der Waals surface area (Å²) in [5.74, 6) is 0.401. The summed E-state index contributed by atoms with van der Waals surface area (Å²) >= 11 is 3.48. The lowest BCUT2D eigenvalue weighted by Crippen LogP contribution is -2.28. The van der Waals surface area contributed by atoms with E-state index in [2.05, 4.69) is 29.8 Å². The van der Waals surface area contributed by atoms with Crippen molar-refractivity contribution >= 4 is 21.7 Å². The molecule has 0 radical (unpaired) electrons. The molecule has 0 aliphatic heterocycles. The number of ketones is 1. The minimum atomic E-state index is 0.226. The summed E-state index contributed by atoms with van der Waals surface area (Å²) < 4.78 is 0. The van der Waals surface area contributed by atoms with E-state index in [1.165, 1.54) is 0 Å². The maximum Gasteiger partial charge on any atom is 0.134 e. The van der Waals surface area contributed by atoms with Crippen molar-refractivity contribution < 1.29 is 4.79 Å². The minimum Gasteiger partial charge on any atom is -0.300 e. The van der Waals surface area contributed by atoms with E-state index in [4.69, 9.17) is 0 Å². The molecule has 0 heterocycles. The first kappa shape index (κ1) is 8.25. The van der Waals surface area contributed by atoms with Gasteiger partial charge in [0.15, 0.2) is 0 Å². The van der Waals surface area contributed by atoms with Gasteiger partial charge in [-0.2, -0.15) is 0 Å². The second-order valence-electron chi connectivity index (χ2n) is 3.89. The molecule has 0 aromatic heterocycles. The largest absolute Gasteiger partial charge is 0.300 e. The van der Waals surface area contributed by atoms with Crippen molar-refractivity contribution in [1.29, 1.82) is 0 Å². The third kappa shape index (κ3) is 2.08. The van der Waals surface area contributed by atoms with Crippen molar-refractivity contribution in [3.05, 3.63) is 0 Å². The molecule has 1 fully saturated rings. The Labute approximate surface area is 70.3 Å². The van der Waals surface area contributed by atoms with Crippen LogP contribution in [-0.2, 0) is 4.79 Å². The maximum atomic E-state index is 11.1. The molecule has 1 saturated carbocycles. The van der Waals surface area contributed by atoms with Crippen molar-refractivity contribution in [2.24, 2.45) is 5.41 Å². The quantitative estimate of drug-likeness (QED) is 0.555. The number of carbonyl (C=O) groups is 1. The van der Waals surface area contributed by atoms with E-state index in [-0.39, 0.29) is 5.41 Å². The summed E-state index contributed by atoms with van der Waals surface area (Å²) in [6.07, 6.45) is 2.61. The Hall–Kier alpha value is 0.150. The second-order valence-corrected chi connectivity index (χ2v) is 5.18. The standard InChI is InChI=1S/C8H13BrO/c1-8(2)4-6(9)3-7(10)5-8/h6H,3-5H2,1-2H3. The van der Waals surface area contributed by atoms with Gasteiger partial charge in [-0.1, -0.05) is 29.8 Å². The van der Waals surface area contributed by atoms with Gasteiger partial charge in [0.25, 0.3) is 0 Å². The Morgan fingerprint density at radius 3 is 2.60 bits per heavy atom. The Kier molecular flexibility index (Phi) is 2.18. The molecule has 0 spiro atoms. The fraction of sp³-hybridized carbons (Fsp3) is 0.875. The van der Waals surface area contributed by atoms with Gasteiger partial charge >= 0.3 is 0 Å². The highest BCUT2D eigenvalue weighted by Gasteiger charge is 2.31. The minimum absolute atomic E-state index is 0.226. The zero-order chi connectivity index (χ0) is 7.78. The average molecular weight is 205 g/mol. The van der Waals surface area contributed by atoms with Gasteiger partial charge in [-0.05, 0) is 11.8 Å². The van der Waals surface area contributed by atoms with Crippen LogP contribution in [0.15, 0.2) is 0 Å². The van der Waals surface area contributed by atoms with Gasteiger partial charge in [0, 0.05) is 17.7 Å². The lowest BCUT2D eigenvalue weighted by molar-refractivity contribution is -0.122. The van der Waals surface area contributed by atoms with Crippen LogP contribution in [0.25, 0.3) is 0 Å². The summed E-state index contributed by atoms with van der Waals surface area (Å²) in [5, 5.41) is 0. The topological polar surface area (TPSA) is 17.1 Å². The Morgan fingerprint density at radius 1 is 1.60 bits per heavy atom. The summed E-state index contributed by atoms with van der Waals surface area (Å²) in [7, 11) is 0. The van der Waals surface area contributed by atoms with Crippen LogP contribution < -0.4 is 0 Å². The smallest absolute Gasteiger partial charge is 0.134 e. The van der Waals surface area contributed by atoms with E-state index in [0.717, 1.165) is 19.3 Å². The van der Waals surface area contributed by atoms with Crippen molar-refractivity contribution in [3.63, 3.8) is 0 Å². The van der Waals surface area contributed by atoms with Gasteiger partial charge < -0.3 is 0 Å². The van der Waals surface area contributed by atoms with E-state index in [0.29, 0.717) is 10.6 Å². The highest BCUT2D eigenvalue weighted by Crippen LogP contribution is 2.36. The van der Waals surface area contributed by atoms with Crippen LogP contribution >= 0.6 is 15.9 Å². The summed E-state index contributed by atoms with van der Waals surface area (Å²) in [6.45, 7) is 4.30. The van der Waals surface area contributed by atoms with Crippen molar-refractivity contribution in [1.82, 2.24) is 0 Å². The normalized spacial score (nSPS) is 32.3. The molecule has 2 heteroatoms. The third-order valence-electron chi connectivity index (χ3n) is 1.90. The molecular weight excluding hydrogens is 192 g/mol. The number of alkyl halides is 1. The third-order valence-corrected chi connectivity index (χ3v) is 2.55. The van der Waals surface area contributed by atoms with Gasteiger partial charge in [0.1, 0.15) is 5.78 Å². The van der Waals surface area contributed by atoms with Crippen molar-refractivity contribution in [2.45, 2.75) is 37.9 Å². The molecule has 0 aromatic carbocycles. The van der Waals surface area contributed by atoms with Crippen molar-refractivity contribution in [3.8, 4) is 0 Å². The number of hydrogen-bond acceptors (Lipinski definition) is 1. The predicted octanol–water partition coefficient (Wildman–Crippen LogP) is 2.53. The molecule has 58 valence electrons. The molecule has 1 nitrogen and oxygen atoms in total. The van der Waals surface area contributed by atoms with E-state index >= 15 is 0 Å². The number of carbonyl (C=O) groups excluding carboxylic acids is 1. The molecule has 0 bridgehead atoms. The van der Waals surface area contributed by atoms with Gasteiger partial charge in [0.2, 0.25) is 0 Å². The molecule has 0 saturated heterocycles. The molecule has 0 N–H and O–H groups in total. The lowest BCUT2D eigenvalue weighted by atomic mass is 9.77. The first-order valence-corrected chi connectivity index (χ1v) is 4.57. The summed E-state index contributed by atoms with van der Waals surface area (Å²) in [5.41, 5.74) is 0.226. The monoisotopic (exact) mass is 204 g/mol. The second kappa shape index (κ2) is 2.65. The van der Waals surface area contributed by atoms with Crippen LogP contribution in [0.2, 0.25) is 0 Å². The van der Waals surface area contributed by atoms with E-state index in [1.54, 1.807) is 0 Å². The van der Waals surface area contributed by atoms with Crippen LogP contribution in [0.4, 0.5) is 0 Å². The molecule has 10 heavy (non-hydrogen) atoms. The predicted molar refractivity (Wildman–Crippen MR) is 45.4 cm³/mol. The Balaban J connectivity index is 2.59. The fourth-order valence-electron chi connectivity index (χ4n) is 1.60. The van der Waals surface area contributed by atoms with Crippen LogP contribution in [0, 0.1) is 5.41 Å². The van der Waals surface area contributed by atoms with Gasteiger partial charge in [-0.15, -0.1) is 0 Å². The molecule has 1 rings (SSSR count).